The second-order valence-corrected chi connectivity index (χ2v) is 10.3. The number of benzene rings is 3. The van der Waals surface area contributed by atoms with Gasteiger partial charge in [-0.3, -0.25) is 0 Å². The van der Waals surface area contributed by atoms with Gasteiger partial charge < -0.3 is 14.8 Å². The lowest BCUT2D eigenvalue weighted by molar-refractivity contribution is 0.194. The zero-order valence-electron chi connectivity index (χ0n) is 22.8. The highest BCUT2D eigenvalue weighted by molar-refractivity contribution is 5.91. The molecule has 0 fully saturated rings. The number of nitrogens with zero attached hydrogens (tertiary/aromatic N) is 4. The van der Waals surface area contributed by atoms with Crippen LogP contribution in [0.4, 0.5) is 10.5 Å². The van der Waals surface area contributed by atoms with Crippen LogP contribution < -0.4 is 5.32 Å². The molecule has 3 aromatic carbocycles. The third-order valence-electron chi connectivity index (χ3n) is 7.55. The zero-order chi connectivity index (χ0) is 27.1. The van der Waals surface area contributed by atoms with Crippen molar-refractivity contribution in [2.45, 2.75) is 46.7 Å². The van der Waals surface area contributed by atoms with Crippen molar-refractivity contribution in [3.05, 3.63) is 130 Å². The van der Waals surface area contributed by atoms with Crippen LogP contribution >= 0.6 is 0 Å². The van der Waals surface area contributed by atoms with Crippen molar-refractivity contribution in [2.24, 2.45) is 0 Å². The van der Waals surface area contributed by atoms with Gasteiger partial charge >= 0.3 is 6.03 Å². The summed E-state index contributed by atoms with van der Waals surface area (Å²) >= 11 is 0. The van der Waals surface area contributed by atoms with Crippen LogP contribution in [0.2, 0.25) is 0 Å². The monoisotopic (exact) mass is 515 g/mol. The lowest BCUT2D eigenvalue weighted by Crippen LogP contribution is -2.38. The summed E-state index contributed by atoms with van der Waals surface area (Å²) in [6.07, 6.45) is 2.85. The smallest absolute Gasteiger partial charge is 0.308 e. The van der Waals surface area contributed by atoms with Crippen molar-refractivity contribution in [3.8, 4) is 11.5 Å². The van der Waals surface area contributed by atoms with Crippen LogP contribution in [0, 0.1) is 20.8 Å². The number of fused-ring (bicyclic) bond motifs is 3. The Morgan fingerprint density at radius 1 is 0.923 bits per heavy atom. The molecule has 196 valence electrons. The van der Waals surface area contributed by atoms with Crippen LogP contribution in [0.5, 0.6) is 0 Å². The van der Waals surface area contributed by atoms with E-state index in [1.807, 2.05) is 46.8 Å². The first-order valence-electron chi connectivity index (χ1n) is 13.5. The molecule has 39 heavy (non-hydrogen) atoms. The predicted molar refractivity (Wildman–Crippen MR) is 156 cm³/mol. The van der Waals surface area contributed by atoms with Crippen molar-refractivity contribution in [1.29, 1.82) is 0 Å². The molecule has 1 atom stereocenters. The quantitative estimate of drug-likeness (QED) is 0.273. The molecule has 1 N–H and O–H groups in total. The van der Waals surface area contributed by atoms with Gasteiger partial charge in [-0.15, -0.1) is 0 Å². The third-order valence-corrected chi connectivity index (χ3v) is 7.55. The van der Waals surface area contributed by atoms with E-state index in [0.29, 0.717) is 6.54 Å². The van der Waals surface area contributed by atoms with Gasteiger partial charge in [-0.25, -0.2) is 9.48 Å². The molecular weight excluding hydrogens is 482 g/mol. The summed E-state index contributed by atoms with van der Waals surface area (Å²) in [6, 6.07) is 28.5. The molecule has 0 unspecified atom stereocenters. The maximum Gasteiger partial charge on any atom is 0.322 e. The zero-order valence-corrected chi connectivity index (χ0v) is 22.8. The predicted octanol–water partition coefficient (Wildman–Crippen LogP) is 7.29. The Labute approximate surface area is 229 Å². The Hall–Kier alpha value is -4.58. The number of carbonyl (C=O) groups excluding carboxylic acids is 1. The second kappa shape index (κ2) is 9.95. The number of rotatable bonds is 4. The van der Waals surface area contributed by atoms with Crippen molar-refractivity contribution in [2.75, 3.05) is 5.32 Å². The average molecular weight is 516 g/mol. The molecule has 6 rings (SSSR count). The van der Waals surface area contributed by atoms with E-state index in [2.05, 4.69) is 91.4 Å². The summed E-state index contributed by atoms with van der Waals surface area (Å²) in [5.41, 5.74) is 9.33. The molecule has 0 bridgehead atoms. The lowest BCUT2D eigenvalue weighted by atomic mass is 10.00. The highest BCUT2D eigenvalue weighted by Crippen LogP contribution is 2.39. The minimum absolute atomic E-state index is 0.136. The number of aryl methyl sites for hydroxylation is 4. The Morgan fingerprint density at radius 3 is 2.46 bits per heavy atom. The molecule has 0 spiro atoms. The number of hydrogen-bond donors (Lipinski definition) is 1. The molecular formula is C33H33N5O. The molecule has 6 heteroatoms. The molecule has 0 saturated carbocycles. The summed E-state index contributed by atoms with van der Waals surface area (Å²) in [7, 11) is 0. The standard InChI is InChI=1S/C33H33N5O/c1-5-28-27-21-37(33(39)34-29-17-16-23(3)19-24(29)4)31(25-12-9-11-22(2)20-25)30-15-10-18-36(30)32(27)38(35-28)26-13-7-6-8-14-26/h6-20,31H,5,21H2,1-4H3,(H,34,39)/t31-/m1/s1. The average Bonchev–Trinajstić information content (AvgIpc) is 3.51. The first kappa shape index (κ1) is 24.7. The van der Waals surface area contributed by atoms with Crippen LogP contribution in [-0.2, 0) is 13.0 Å². The van der Waals surface area contributed by atoms with E-state index in [9.17, 15) is 4.79 Å². The molecule has 1 aliphatic heterocycles. The van der Waals surface area contributed by atoms with Crippen LogP contribution in [0.25, 0.3) is 11.5 Å². The van der Waals surface area contributed by atoms with E-state index in [-0.39, 0.29) is 12.1 Å². The first-order chi connectivity index (χ1) is 18.9. The van der Waals surface area contributed by atoms with Gasteiger partial charge in [0.1, 0.15) is 5.82 Å². The number of nitrogens with one attached hydrogen (secondary N) is 1. The van der Waals surface area contributed by atoms with Crippen LogP contribution in [0.1, 0.15) is 52.2 Å². The summed E-state index contributed by atoms with van der Waals surface area (Å²) in [5.74, 6) is 0.984. The van der Waals surface area contributed by atoms with E-state index >= 15 is 0 Å². The van der Waals surface area contributed by atoms with Gasteiger partial charge in [-0.2, -0.15) is 5.10 Å². The number of anilines is 1. The number of aromatic nitrogens is 3. The fraction of sp³-hybridized carbons (Fsp3) is 0.212. The van der Waals surface area contributed by atoms with Crippen molar-refractivity contribution < 1.29 is 4.79 Å². The Morgan fingerprint density at radius 2 is 1.72 bits per heavy atom. The third kappa shape index (κ3) is 4.42. The molecule has 1 aliphatic rings. The van der Waals surface area contributed by atoms with Gasteiger partial charge in [-0.05, 0) is 68.7 Å². The first-order valence-corrected chi connectivity index (χ1v) is 13.5. The normalized spacial score (nSPS) is 14.5. The number of amides is 2. The number of hydrogen-bond acceptors (Lipinski definition) is 2. The van der Waals surface area contributed by atoms with Gasteiger partial charge in [0.25, 0.3) is 0 Å². The fourth-order valence-corrected chi connectivity index (χ4v) is 5.68. The van der Waals surface area contributed by atoms with Gasteiger partial charge in [0.2, 0.25) is 0 Å². The van der Waals surface area contributed by atoms with Gasteiger partial charge in [-0.1, -0.05) is 72.6 Å². The van der Waals surface area contributed by atoms with Crippen molar-refractivity contribution in [1.82, 2.24) is 19.2 Å². The maximum absolute atomic E-state index is 14.2. The van der Waals surface area contributed by atoms with Crippen LogP contribution in [0.3, 0.4) is 0 Å². The highest BCUT2D eigenvalue weighted by Gasteiger charge is 2.36. The Balaban J connectivity index is 1.55. The van der Waals surface area contributed by atoms with Crippen molar-refractivity contribution >= 4 is 11.7 Å². The maximum atomic E-state index is 14.2. The van der Waals surface area contributed by atoms with Gasteiger partial charge in [0.05, 0.1) is 29.7 Å². The fourth-order valence-electron chi connectivity index (χ4n) is 5.68. The largest absolute Gasteiger partial charge is 0.322 e. The molecule has 0 aliphatic carbocycles. The van der Waals surface area contributed by atoms with E-state index in [0.717, 1.165) is 57.3 Å². The van der Waals surface area contributed by atoms with E-state index in [4.69, 9.17) is 5.10 Å². The van der Waals surface area contributed by atoms with E-state index in [1.54, 1.807) is 0 Å². The SMILES string of the molecule is CCc1nn(-c2ccccc2)c2c1CN(C(=O)Nc1ccc(C)cc1C)[C@H](c1cccc(C)c1)c1cccn1-2. The number of carbonyl (C=O) groups is 1. The highest BCUT2D eigenvalue weighted by atomic mass is 16.2. The molecule has 0 saturated heterocycles. The van der Waals surface area contributed by atoms with Gasteiger partial charge in [0.15, 0.2) is 0 Å². The van der Waals surface area contributed by atoms with Crippen LogP contribution in [-0.4, -0.2) is 25.3 Å². The lowest BCUT2D eigenvalue weighted by Gasteiger charge is -2.31. The second-order valence-electron chi connectivity index (χ2n) is 10.3. The summed E-state index contributed by atoms with van der Waals surface area (Å²) in [4.78, 5) is 16.2. The molecule has 6 nitrogen and oxygen atoms in total. The van der Waals surface area contributed by atoms with E-state index in [1.165, 1.54) is 5.56 Å². The van der Waals surface area contributed by atoms with Crippen molar-refractivity contribution in [3.63, 3.8) is 0 Å². The van der Waals surface area contributed by atoms with E-state index < -0.39 is 0 Å². The minimum Gasteiger partial charge on any atom is -0.308 e. The summed E-state index contributed by atoms with van der Waals surface area (Å²) in [5, 5.41) is 8.28. The topological polar surface area (TPSA) is 55.1 Å². The molecule has 0 radical (unpaired) electrons. The molecule has 3 heterocycles. The molecule has 2 aromatic heterocycles. The summed E-state index contributed by atoms with van der Waals surface area (Å²) < 4.78 is 4.24. The molecule has 5 aromatic rings. The minimum atomic E-state index is -0.285. The summed E-state index contributed by atoms with van der Waals surface area (Å²) in [6.45, 7) is 8.75. The Kier molecular flexibility index (Phi) is 6.31. The molecule has 2 amide bonds. The van der Waals surface area contributed by atoms with Gasteiger partial charge in [0, 0.05) is 17.4 Å². The number of urea groups is 1. The van der Waals surface area contributed by atoms with Crippen LogP contribution in [0.15, 0.2) is 91.1 Å². The number of para-hydroxylation sites is 1. The Bertz CT molecular complexity index is 1660.